The molecule has 1 aliphatic heterocycles. The standard InChI is InChI=1S/C18H28N2/c1-15(18(2)10-11-18)19-17-8-12-20(13-9-17)14-16-6-4-3-5-7-16/h3-7,15,17,19H,8-14H2,1-2H3. The maximum Gasteiger partial charge on any atom is 0.0233 e. The van der Waals surface area contributed by atoms with E-state index in [0.717, 1.165) is 12.6 Å². The first-order valence-electron chi connectivity index (χ1n) is 8.18. The summed E-state index contributed by atoms with van der Waals surface area (Å²) in [5.74, 6) is 0. The average Bonchev–Trinajstić information content (AvgIpc) is 3.22. The predicted molar refractivity (Wildman–Crippen MR) is 84.7 cm³/mol. The number of hydrogen-bond acceptors (Lipinski definition) is 2. The monoisotopic (exact) mass is 272 g/mol. The highest BCUT2D eigenvalue weighted by atomic mass is 15.1. The third-order valence-electron chi connectivity index (χ3n) is 5.41. The predicted octanol–water partition coefficient (Wildman–Crippen LogP) is 3.43. The van der Waals surface area contributed by atoms with Crippen molar-refractivity contribution in [2.24, 2.45) is 5.41 Å². The van der Waals surface area contributed by atoms with Gasteiger partial charge in [-0.15, -0.1) is 0 Å². The van der Waals surface area contributed by atoms with Gasteiger partial charge in [-0.05, 0) is 56.7 Å². The van der Waals surface area contributed by atoms with E-state index in [-0.39, 0.29) is 0 Å². The number of piperidine rings is 1. The number of nitrogens with one attached hydrogen (secondary N) is 1. The molecular formula is C18H28N2. The minimum absolute atomic E-state index is 0.598. The zero-order valence-corrected chi connectivity index (χ0v) is 12.9. The van der Waals surface area contributed by atoms with Crippen LogP contribution in [-0.2, 0) is 6.54 Å². The van der Waals surface area contributed by atoms with Crippen molar-refractivity contribution in [3.8, 4) is 0 Å². The summed E-state index contributed by atoms with van der Waals surface area (Å²) in [6.45, 7) is 8.38. The molecule has 1 saturated heterocycles. The van der Waals surface area contributed by atoms with Gasteiger partial charge in [-0.25, -0.2) is 0 Å². The third kappa shape index (κ3) is 3.42. The zero-order valence-electron chi connectivity index (χ0n) is 12.9. The molecule has 1 aromatic carbocycles. The Labute approximate surface area is 123 Å². The van der Waals surface area contributed by atoms with Crippen molar-refractivity contribution < 1.29 is 0 Å². The minimum Gasteiger partial charge on any atom is -0.311 e. The third-order valence-corrected chi connectivity index (χ3v) is 5.41. The molecule has 0 amide bonds. The van der Waals surface area contributed by atoms with Crippen molar-refractivity contribution in [1.29, 1.82) is 0 Å². The summed E-state index contributed by atoms with van der Waals surface area (Å²) in [5.41, 5.74) is 2.04. The van der Waals surface area contributed by atoms with Crippen molar-refractivity contribution in [3.05, 3.63) is 35.9 Å². The fourth-order valence-electron chi connectivity index (χ4n) is 3.28. The van der Waals surface area contributed by atoms with Gasteiger partial charge in [0.2, 0.25) is 0 Å². The maximum atomic E-state index is 3.88. The molecule has 1 unspecified atom stereocenters. The fraction of sp³-hybridized carbons (Fsp3) is 0.667. The summed E-state index contributed by atoms with van der Waals surface area (Å²) in [6.07, 6.45) is 5.42. The summed E-state index contributed by atoms with van der Waals surface area (Å²) >= 11 is 0. The van der Waals surface area contributed by atoms with Crippen molar-refractivity contribution in [2.75, 3.05) is 13.1 Å². The molecule has 0 radical (unpaired) electrons. The molecule has 0 bridgehead atoms. The lowest BCUT2D eigenvalue weighted by Gasteiger charge is -2.35. The summed E-state index contributed by atoms with van der Waals surface area (Å²) in [7, 11) is 0. The van der Waals surface area contributed by atoms with E-state index in [1.165, 1.54) is 44.3 Å². The Morgan fingerprint density at radius 1 is 1.20 bits per heavy atom. The summed E-state index contributed by atoms with van der Waals surface area (Å²) in [5, 5.41) is 3.88. The van der Waals surface area contributed by atoms with Crippen molar-refractivity contribution in [1.82, 2.24) is 10.2 Å². The quantitative estimate of drug-likeness (QED) is 0.883. The second kappa shape index (κ2) is 5.87. The van der Waals surface area contributed by atoms with Gasteiger partial charge in [-0.2, -0.15) is 0 Å². The molecule has 1 aromatic rings. The molecule has 20 heavy (non-hydrogen) atoms. The normalized spacial score (nSPS) is 24.5. The molecule has 3 rings (SSSR count). The van der Waals surface area contributed by atoms with Gasteiger partial charge in [-0.1, -0.05) is 37.3 Å². The molecule has 1 heterocycles. The Morgan fingerprint density at radius 2 is 1.85 bits per heavy atom. The molecule has 1 saturated carbocycles. The van der Waals surface area contributed by atoms with Gasteiger partial charge in [-0.3, -0.25) is 4.90 Å². The van der Waals surface area contributed by atoms with E-state index in [0.29, 0.717) is 11.5 Å². The largest absolute Gasteiger partial charge is 0.311 e. The van der Waals surface area contributed by atoms with Crippen LogP contribution in [0.1, 0.15) is 45.1 Å². The Morgan fingerprint density at radius 3 is 2.45 bits per heavy atom. The first kappa shape index (κ1) is 14.1. The first-order chi connectivity index (χ1) is 9.66. The van der Waals surface area contributed by atoms with Gasteiger partial charge in [0.05, 0.1) is 0 Å². The fourth-order valence-corrected chi connectivity index (χ4v) is 3.28. The Balaban J connectivity index is 1.43. The second-order valence-corrected chi connectivity index (χ2v) is 7.08. The summed E-state index contributed by atoms with van der Waals surface area (Å²) in [4.78, 5) is 2.59. The van der Waals surface area contributed by atoms with Crippen molar-refractivity contribution >= 4 is 0 Å². The lowest BCUT2D eigenvalue weighted by Crippen LogP contribution is -2.47. The van der Waals surface area contributed by atoms with Gasteiger partial charge < -0.3 is 5.32 Å². The van der Waals surface area contributed by atoms with Crippen LogP contribution in [0.25, 0.3) is 0 Å². The van der Waals surface area contributed by atoms with Gasteiger partial charge in [0, 0.05) is 18.6 Å². The zero-order chi connectivity index (χ0) is 14.0. The maximum absolute atomic E-state index is 3.88. The van der Waals surface area contributed by atoms with E-state index in [4.69, 9.17) is 0 Å². The molecule has 0 spiro atoms. The molecule has 1 aliphatic carbocycles. The lowest BCUT2D eigenvalue weighted by atomic mass is 9.97. The van der Waals surface area contributed by atoms with Gasteiger partial charge >= 0.3 is 0 Å². The van der Waals surface area contributed by atoms with Gasteiger partial charge in [0.15, 0.2) is 0 Å². The van der Waals surface area contributed by atoms with Crippen molar-refractivity contribution in [2.45, 2.75) is 58.2 Å². The minimum atomic E-state index is 0.598. The van der Waals surface area contributed by atoms with Crippen LogP contribution in [0.3, 0.4) is 0 Å². The highest BCUT2D eigenvalue weighted by molar-refractivity contribution is 5.14. The van der Waals surface area contributed by atoms with Gasteiger partial charge in [0.25, 0.3) is 0 Å². The molecular weight excluding hydrogens is 244 g/mol. The van der Waals surface area contributed by atoms with E-state index in [1.54, 1.807) is 0 Å². The highest BCUT2D eigenvalue weighted by Gasteiger charge is 2.43. The SMILES string of the molecule is CC(NC1CCN(Cc2ccccc2)CC1)C1(C)CC1. The molecule has 0 aromatic heterocycles. The van der Waals surface area contributed by atoms with E-state index in [9.17, 15) is 0 Å². The Kier molecular flexibility index (Phi) is 4.13. The number of benzene rings is 1. The van der Waals surface area contributed by atoms with E-state index >= 15 is 0 Å². The van der Waals surface area contributed by atoms with Gasteiger partial charge in [0.1, 0.15) is 0 Å². The first-order valence-corrected chi connectivity index (χ1v) is 8.18. The molecule has 2 fully saturated rings. The molecule has 2 aliphatic rings. The van der Waals surface area contributed by atoms with E-state index < -0.39 is 0 Å². The summed E-state index contributed by atoms with van der Waals surface area (Å²) in [6, 6.07) is 12.3. The van der Waals surface area contributed by atoms with Crippen LogP contribution in [0.2, 0.25) is 0 Å². The number of rotatable bonds is 5. The second-order valence-electron chi connectivity index (χ2n) is 7.08. The number of nitrogens with zero attached hydrogens (tertiary/aromatic N) is 1. The molecule has 1 atom stereocenters. The topological polar surface area (TPSA) is 15.3 Å². The number of hydrogen-bond donors (Lipinski definition) is 1. The van der Waals surface area contributed by atoms with Crippen LogP contribution in [0.4, 0.5) is 0 Å². The number of likely N-dealkylation sites (tertiary alicyclic amines) is 1. The molecule has 110 valence electrons. The Bertz CT molecular complexity index is 416. The van der Waals surface area contributed by atoms with E-state index in [1.807, 2.05) is 0 Å². The lowest BCUT2D eigenvalue weighted by molar-refractivity contribution is 0.177. The highest BCUT2D eigenvalue weighted by Crippen LogP contribution is 2.48. The van der Waals surface area contributed by atoms with Crippen LogP contribution in [0, 0.1) is 5.41 Å². The van der Waals surface area contributed by atoms with Crippen LogP contribution < -0.4 is 5.32 Å². The van der Waals surface area contributed by atoms with Crippen LogP contribution in [-0.4, -0.2) is 30.1 Å². The van der Waals surface area contributed by atoms with Crippen molar-refractivity contribution in [3.63, 3.8) is 0 Å². The smallest absolute Gasteiger partial charge is 0.0233 e. The Hall–Kier alpha value is -0.860. The average molecular weight is 272 g/mol. The molecule has 2 heteroatoms. The molecule has 2 nitrogen and oxygen atoms in total. The van der Waals surface area contributed by atoms with Crippen LogP contribution in [0.5, 0.6) is 0 Å². The van der Waals surface area contributed by atoms with Crippen LogP contribution >= 0.6 is 0 Å². The molecule has 1 N–H and O–H groups in total. The van der Waals surface area contributed by atoms with Crippen LogP contribution in [0.15, 0.2) is 30.3 Å². The summed E-state index contributed by atoms with van der Waals surface area (Å²) < 4.78 is 0. The van der Waals surface area contributed by atoms with E-state index in [2.05, 4.69) is 54.4 Å².